The molecule has 54 heavy (non-hydrogen) atoms. The molecular weight excluding hydrogens is 659 g/mol. The number of para-hydroxylation sites is 2. The predicted octanol–water partition coefficient (Wildman–Crippen LogP) is 11.1. The highest BCUT2D eigenvalue weighted by Gasteiger charge is 2.32. The Morgan fingerprint density at radius 1 is 0.444 bits per heavy atom. The van der Waals surface area contributed by atoms with Crippen LogP contribution in [0.5, 0.6) is 0 Å². The second-order valence-corrected chi connectivity index (χ2v) is 15.3. The molecule has 2 aliphatic heterocycles. The number of hydrogen-bond acceptors (Lipinski definition) is 3. The summed E-state index contributed by atoms with van der Waals surface area (Å²) in [6.45, 7) is 6.78. The summed E-state index contributed by atoms with van der Waals surface area (Å²) in [6, 6.07) is 51.6. The van der Waals surface area contributed by atoms with Crippen LogP contribution in [-0.4, -0.2) is 51.1 Å². The van der Waals surface area contributed by atoms with E-state index in [1.807, 2.05) is 0 Å². The molecule has 0 aliphatic carbocycles. The molecule has 2 aliphatic rings. The molecule has 3 aromatic heterocycles. The van der Waals surface area contributed by atoms with Gasteiger partial charge in [0.05, 0.1) is 11.0 Å². The maximum absolute atomic E-state index is 5.73. The van der Waals surface area contributed by atoms with Gasteiger partial charge in [0, 0.05) is 47.3 Å². The van der Waals surface area contributed by atoms with Crippen LogP contribution in [0.25, 0.3) is 66.8 Å². The highest BCUT2D eigenvalue weighted by molar-refractivity contribution is 5.90. The molecule has 0 N–H and O–H groups in total. The van der Waals surface area contributed by atoms with Gasteiger partial charge in [-0.15, -0.1) is 0 Å². The summed E-state index contributed by atoms with van der Waals surface area (Å²) < 4.78 is 4.95. The zero-order valence-corrected chi connectivity index (χ0v) is 31.5. The van der Waals surface area contributed by atoms with E-state index in [4.69, 9.17) is 4.98 Å². The smallest absolute Gasteiger partial charge is 0.140 e. The standard InChI is InChI=1S/C49H45N5/c1-32-48-42(23-25-51(32)3)40-19-11-13-21-44(40)53(48)46-30-39(38-28-36(34-15-7-5-8-16-34)27-37(29-38)35-17-9-6-10-18-35)31-47(50-46)54-45-22-14-12-20-41(45)43-24-26-52(4)33(2)49(43)54/h5-22,27-33H,23-26H2,1-4H3. The average Bonchev–Trinajstić information content (AvgIpc) is 3.75. The number of pyridine rings is 1. The van der Waals surface area contributed by atoms with Gasteiger partial charge < -0.3 is 0 Å². The number of rotatable bonds is 5. The summed E-state index contributed by atoms with van der Waals surface area (Å²) in [5.74, 6) is 1.91. The lowest BCUT2D eigenvalue weighted by Crippen LogP contribution is -2.32. The van der Waals surface area contributed by atoms with Gasteiger partial charge in [-0.25, -0.2) is 4.98 Å². The van der Waals surface area contributed by atoms with Gasteiger partial charge in [0.2, 0.25) is 0 Å². The Labute approximate surface area is 317 Å². The van der Waals surface area contributed by atoms with Crippen LogP contribution in [0, 0.1) is 0 Å². The van der Waals surface area contributed by atoms with E-state index in [1.54, 1.807) is 0 Å². The van der Waals surface area contributed by atoms with Crippen molar-refractivity contribution in [2.24, 2.45) is 0 Å². The number of nitrogens with zero attached hydrogens (tertiary/aromatic N) is 5. The number of likely N-dealkylation sites (N-methyl/N-ethyl adjacent to an activating group) is 2. The third-order valence-electron chi connectivity index (χ3n) is 12.3. The maximum Gasteiger partial charge on any atom is 0.140 e. The summed E-state index contributed by atoms with van der Waals surface area (Å²) in [6.07, 6.45) is 2.05. The Hall–Kier alpha value is -5.75. The lowest BCUT2D eigenvalue weighted by molar-refractivity contribution is 0.241. The van der Waals surface area contributed by atoms with Crippen LogP contribution >= 0.6 is 0 Å². The van der Waals surface area contributed by atoms with Gasteiger partial charge in [0.15, 0.2) is 0 Å². The fraction of sp³-hybridized carbons (Fsp3) is 0.204. The first-order valence-electron chi connectivity index (χ1n) is 19.4. The van der Waals surface area contributed by atoms with Crippen molar-refractivity contribution in [1.82, 2.24) is 23.9 Å². The maximum atomic E-state index is 5.73. The molecule has 5 aromatic carbocycles. The van der Waals surface area contributed by atoms with Gasteiger partial charge in [0.25, 0.3) is 0 Å². The summed E-state index contributed by atoms with van der Waals surface area (Å²) in [5, 5.41) is 2.66. The van der Waals surface area contributed by atoms with Crippen LogP contribution in [0.15, 0.2) is 140 Å². The monoisotopic (exact) mass is 703 g/mol. The van der Waals surface area contributed by atoms with E-state index in [1.165, 1.54) is 72.1 Å². The summed E-state index contributed by atoms with van der Waals surface area (Å²) in [7, 11) is 4.50. The molecule has 2 atom stereocenters. The van der Waals surface area contributed by atoms with E-state index in [0.717, 1.165) is 43.1 Å². The Kier molecular flexibility index (Phi) is 7.90. The molecular formula is C49H45N5. The highest BCUT2D eigenvalue weighted by Crippen LogP contribution is 2.42. The molecule has 0 saturated heterocycles. The fourth-order valence-electron chi connectivity index (χ4n) is 9.22. The van der Waals surface area contributed by atoms with Crippen LogP contribution in [0.2, 0.25) is 0 Å². The minimum Gasteiger partial charge on any atom is -0.298 e. The highest BCUT2D eigenvalue weighted by atomic mass is 15.2. The van der Waals surface area contributed by atoms with Crippen molar-refractivity contribution in [2.45, 2.75) is 38.8 Å². The van der Waals surface area contributed by atoms with Gasteiger partial charge in [0.1, 0.15) is 11.6 Å². The molecule has 10 rings (SSSR count). The number of hydrogen-bond donors (Lipinski definition) is 0. The van der Waals surface area contributed by atoms with Gasteiger partial charge in [-0.1, -0.05) is 97.1 Å². The van der Waals surface area contributed by atoms with E-state index in [-0.39, 0.29) is 12.1 Å². The summed E-state index contributed by atoms with van der Waals surface area (Å²) in [4.78, 5) is 10.7. The van der Waals surface area contributed by atoms with E-state index in [9.17, 15) is 0 Å². The summed E-state index contributed by atoms with van der Waals surface area (Å²) in [5.41, 5.74) is 15.1. The van der Waals surface area contributed by atoms with Crippen LogP contribution in [0.1, 0.15) is 48.4 Å². The van der Waals surface area contributed by atoms with E-state index in [0.29, 0.717) is 0 Å². The van der Waals surface area contributed by atoms with Gasteiger partial charge >= 0.3 is 0 Å². The van der Waals surface area contributed by atoms with Gasteiger partial charge in [-0.3, -0.25) is 18.9 Å². The van der Waals surface area contributed by atoms with Crippen molar-refractivity contribution in [1.29, 1.82) is 0 Å². The molecule has 0 amide bonds. The van der Waals surface area contributed by atoms with Crippen molar-refractivity contribution in [3.63, 3.8) is 0 Å². The van der Waals surface area contributed by atoms with Crippen LogP contribution in [0.4, 0.5) is 0 Å². The molecule has 0 saturated carbocycles. The minimum atomic E-state index is 0.245. The largest absolute Gasteiger partial charge is 0.298 e. The van der Waals surface area contributed by atoms with Crippen molar-refractivity contribution in [3.05, 3.63) is 162 Å². The van der Waals surface area contributed by atoms with Gasteiger partial charge in [-0.05, 0) is 128 Å². The average molecular weight is 704 g/mol. The second kappa shape index (κ2) is 13.0. The van der Waals surface area contributed by atoms with Crippen molar-refractivity contribution in [3.8, 4) is 45.0 Å². The Morgan fingerprint density at radius 2 is 0.815 bits per heavy atom. The van der Waals surface area contributed by atoms with E-state index in [2.05, 4.69) is 186 Å². The number of benzene rings is 5. The molecule has 5 heterocycles. The molecule has 8 aromatic rings. The van der Waals surface area contributed by atoms with Crippen molar-refractivity contribution >= 4 is 21.8 Å². The summed E-state index contributed by atoms with van der Waals surface area (Å²) >= 11 is 0. The zero-order valence-electron chi connectivity index (χ0n) is 31.5. The molecule has 2 unspecified atom stereocenters. The predicted molar refractivity (Wildman–Crippen MR) is 224 cm³/mol. The Bertz CT molecular complexity index is 2510. The van der Waals surface area contributed by atoms with Crippen LogP contribution in [0.3, 0.4) is 0 Å². The first kappa shape index (κ1) is 32.9. The lowest BCUT2D eigenvalue weighted by atomic mass is 9.93. The molecule has 5 nitrogen and oxygen atoms in total. The van der Waals surface area contributed by atoms with Crippen LogP contribution in [-0.2, 0) is 12.8 Å². The van der Waals surface area contributed by atoms with Crippen molar-refractivity contribution < 1.29 is 0 Å². The molecule has 0 spiro atoms. The van der Waals surface area contributed by atoms with Crippen LogP contribution < -0.4 is 0 Å². The SMILES string of the molecule is CC1c2c(c3ccccc3n2-c2cc(-c3cc(-c4ccccc4)cc(-c4ccccc4)c3)cc(-n3c4c(c5ccccc53)CCN(C)C4C)n2)CCN1C. The zero-order chi connectivity index (χ0) is 36.5. The Morgan fingerprint density at radius 3 is 1.26 bits per heavy atom. The first-order chi connectivity index (χ1) is 26.4. The molecule has 0 bridgehead atoms. The first-order valence-corrected chi connectivity index (χ1v) is 19.4. The topological polar surface area (TPSA) is 29.2 Å². The molecule has 266 valence electrons. The second-order valence-electron chi connectivity index (χ2n) is 15.3. The third kappa shape index (κ3) is 5.25. The Balaban J connectivity index is 1.30. The number of fused-ring (bicyclic) bond motifs is 6. The normalized spacial score (nSPS) is 17.6. The molecule has 5 heteroatoms. The minimum absolute atomic E-state index is 0.245. The van der Waals surface area contributed by atoms with Gasteiger partial charge in [-0.2, -0.15) is 0 Å². The quantitative estimate of drug-likeness (QED) is 0.179. The fourth-order valence-corrected chi connectivity index (χ4v) is 9.22. The van der Waals surface area contributed by atoms with E-state index >= 15 is 0 Å². The molecule has 0 fully saturated rings. The lowest BCUT2D eigenvalue weighted by Gasteiger charge is -2.32. The number of aromatic nitrogens is 3. The molecule has 0 radical (unpaired) electrons. The van der Waals surface area contributed by atoms with Crippen molar-refractivity contribution in [2.75, 3.05) is 27.2 Å². The van der Waals surface area contributed by atoms with E-state index < -0.39 is 0 Å². The third-order valence-corrected chi connectivity index (χ3v) is 12.3.